The molecule has 1 radical (unpaired) electrons. The van der Waals surface area contributed by atoms with Gasteiger partial charge in [-0.3, -0.25) is 15.7 Å². The quantitative estimate of drug-likeness (QED) is 0.390. The zero-order valence-electron chi connectivity index (χ0n) is 12.6. The van der Waals surface area contributed by atoms with E-state index in [9.17, 15) is 9.59 Å². The van der Waals surface area contributed by atoms with E-state index in [1.165, 1.54) is 18.9 Å². The molecular formula is C15H28N2O2Os-. The molecule has 0 aliphatic heterocycles. The molecule has 0 fully saturated rings. The van der Waals surface area contributed by atoms with Crippen molar-refractivity contribution in [2.45, 2.75) is 64.8 Å². The van der Waals surface area contributed by atoms with Crippen LogP contribution in [-0.4, -0.2) is 17.9 Å². The molecule has 3 N–H and O–H groups in total. The molecule has 2 amide bonds. The molecule has 0 aliphatic carbocycles. The Bertz CT molecular complexity index is 258. The number of nitrogens with two attached hydrogens (primary N) is 1. The van der Waals surface area contributed by atoms with Gasteiger partial charge >= 0.3 is 19.8 Å². The van der Waals surface area contributed by atoms with Crippen LogP contribution >= 0.6 is 0 Å². The molecule has 119 valence electrons. The van der Waals surface area contributed by atoms with Crippen LogP contribution in [0.2, 0.25) is 0 Å². The first-order chi connectivity index (χ1) is 9.10. The number of unbranched alkanes of at least 4 members (excludes halogenated alkanes) is 4. The molecule has 4 nitrogen and oxygen atoms in total. The van der Waals surface area contributed by atoms with E-state index in [2.05, 4.69) is 19.2 Å². The van der Waals surface area contributed by atoms with Crippen molar-refractivity contribution in [2.24, 2.45) is 5.73 Å². The van der Waals surface area contributed by atoms with E-state index in [1.807, 2.05) is 0 Å². The Morgan fingerprint density at radius 2 is 1.80 bits per heavy atom. The molecule has 5 heteroatoms. The van der Waals surface area contributed by atoms with Gasteiger partial charge in [0.1, 0.15) is 0 Å². The Balaban J connectivity index is -0.000000916. The smallest absolute Gasteiger partial charge is 0.516 e. The molecule has 0 aromatic rings. The van der Waals surface area contributed by atoms with Gasteiger partial charge in [-0.2, -0.15) is 6.92 Å². The first-order valence-electron chi connectivity index (χ1n) is 6.93. The average molecular weight is 459 g/mol. The van der Waals surface area contributed by atoms with Crippen molar-refractivity contribution in [2.75, 3.05) is 0 Å². The summed E-state index contributed by atoms with van der Waals surface area (Å²) in [6.07, 6.45) is 7.33. The predicted octanol–water partition coefficient (Wildman–Crippen LogP) is 2.53. The molecule has 0 bridgehead atoms. The van der Waals surface area contributed by atoms with Crippen LogP contribution < -0.4 is 11.1 Å². The Morgan fingerprint density at radius 3 is 2.25 bits per heavy atom. The zero-order chi connectivity index (χ0) is 15.1. The van der Waals surface area contributed by atoms with Crippen LogP contribution in [0.4, 0.5) is 0 Å². The molecule has 0 spiro atoms. The van der Waals surface area contributed by atoms with Crippen LogP contribution in [0, 0.1) is 13.5 Å². The van der Waals surface area contributed by atoms with Crippen LogP contribution in [0.3, 0.4) is 0 Å². The number of hydrogen-bond donors (Lipinski definition) is 2. The predicted molar refractivity (Wildman–Crippen MR) is 79.0 cm³/mol. The fraction of sp³-hybridized carbons (Fsp3) is 0.667. The SMILES string of the molecule is [CH-]=C[C@@H](CC(N)=O)NC(=O)CCCCCCC.[CH2-]C.[Os+]. The van der Waals surface area contributed by atoms with E-state index < -0.39 is 11.9 Å². The third-order valence-electron chi connectivity index (χ3n) is 2.51. The zero-order valence-corrected chi connectivity index (χ0v) is 15.2. The molecule has 0 aromatic carbocycles. The normalized spacial score (nSPS) is 10.3. The summed E-state index contributed by atoms with van der Waals surface area (Å²) in [5.41, 5.74) is 5.03. The third kappa shape index (κ3) is 17.3. The Hall–Kier alpha value is -0.684. The van der Waals surface area contributed by atoms with Crippen molar-refractivity contribution in [3.63, 3.8) is 0 Å². The Morgan fingerprint density at radius 1 is 1.25 bits per heavy atom. The van der Waals surface area contributed by atoms with Gasteiger partial charge in [0.15, 0.2) is 0 Å². The molecule has 20 heavy (non-hydrogen) atoms. The van der Waals surface area contributed by atoms with Gasteiger partial charge in [-0.25, -0.2) is 0 Å². The summed E-state index contributed by atoms with van der Waals surface area (Å²) in [4.78, 5) is 22.2. The Labute approximate surface area is 137 Å². The molecular weight excluding hydrogens is 430 g/mol. The van der Waals surface area contributed by atoms with Crippen LogP contribution in [-0.2, 0) is 29.4 Å². The molecule has 1 atom stereocenters. The number of rotatable bonds is 10. The monoisotopic (exact) mass is 460 g/mol. The molecule has 0 heterocycles. The van der Waals surface area contributed by atoms with Gasteiger partial charge in [-0.1, -0.05) is 32.6 Å². The summed E-state index contributed by atoms with van der Waals surface area (Å²) in [7, 11) is 0. The average Bonchev–Trinajstić information content (AvgIpc) is 2.39. The van der Waals surface area contributed by atoms with Crippen LogP contribution in [0.1, 0.15) is 58.8 Å². The standard InChI is InChI=1S/C13H23N2O2.C2H5.Os/c1-3-5-6-7-8-9-13(17)15-11(4-2)10-12(14)16;1-2;/h2,4,11H,3,5-10H2,1H3,(H2,14,16)(H,15,17);1H2,2H3;/q2*-1;+1/t11-;;/m0../s1. The van der Waals surface area contributed by atoms with Gasteiger partial charge in [0, 0.05) is 18.9 Å². The summed E-state index contributed by atoms with van der Waals surface area (Å²) in [5, 5.41) is 2.67. The maximum absolute atomic E-state index is 11.5. The van der Waals surface area contributed by atoms with Crippen molar-refractivity contribution in [3.8, 4) is 0 Å². The topological polar surface area (TPSA) is 72.2 Å². The summed E-state index contributed by atoms with van der Waals surface area (Å²) in [5.74, 6) is -0.547. The van der Waals surface area contributed by atoms with E-state index in [0.29, 0.717) is 6.42 Å². The minimum Gasteiger partial charge on any atom is -0.516 e. The van der Waals surface area contributed by atoms with Crippen molar-refractivity contribution in [3.05, 3.63) is 19.6 Å². The van der Waals surface area contributed by atoms with E-state index in [-0.39, 0.29) is 32.1 Å². The first-order valence-corrected chi connectivity index (χ1v) is 6.93. The number of carbonyl (C=O) groups excluding carboxylic acids is 2. The molecule has 0 unspecified atom stereocenters. The van der Waals surface area contributed by atoms with E-state index in [1.54, 1.807) is 6.92 Å². The van der Waals surface area contributed by atoms with Crippen LogP contribution in [0.15, 0.2) is 6.08 Å². The first kappa shape index (κ1) is 24.3. The van der Waals surface area contributed by atoms with Gasteiger partial charge in [0.25, 0.3) is 0 Å². The van der Waals surface area contributed by atoms with E-state index >= 15 is 0 Å². The second kappa shape index (κ2) is 18.3. The summed E-state index contributed by atoms with van der Waals surface area (Å²) >= 11 is 0. The van der Waals surface area contributed by atoms with E-state index in [4.69, 9.17) is 12.3 Å². The molecule has 0 aliphatic rings. The molecule has 0 saturated carbocycles. The minimum absolute atomic E-state index is 0. The fourth-order valence-electron chi connectivity index (χ4n) is 1.55. The summed E-state index contributed by atoms with van der Waals surface area (Å²) in [6.45, 7) is 12.5. The van der Waals surface area contributed by atoms with Crippen LogP contribution in [0.25, 0.3) is 0 Å². The molecule has 0 saturated heterocycles. The second-order valence-electron chi connectivity index (χ2n) is 4.20. The number of hydrogen-bond acceptors (Lipinski definition) is 2. The summed E-state index contributed by atoms with van der Waals surface area (Å²) < 4.78 is 0. The van der Waals surface area contributed by atoms with Crippen molar-refractivity contribution >= 4 is 11.8 Å². The number of carbonyl (C=O) groups is 2. The largest absolute Gasteiger partial charge is 1.00 e. The van der Waals surface area contributed by atoms with Gasteiger partial charge in [0.05, 0.1) is 0 Å². The minimum atomic E-state index is -0.472. The van der Waals surface area contributed by atoms with Gasteiger partial charge in [0.2, 0.25) is 11.8 Å². The van der Waals surface area contributed by atoms with Crippen molar-refractivity contribution < 1.29 is 29.4 Å². The fourth-order valence-corrected chi connectivity index (χ4v) is 1.55. The van der Waals surface area contributed by atoms with Crippen molar-refractivity contribution in [1.82, 2.24) is 5.32 Å². The Kier molecular flexibility index (Phi) is 22.3. The van der Waals surface area contributed by atoms with Gasteiger partial charge in [-0.05, 0) is 6.42 Å². The number of primary amides is 1. The van der Waals surface area contributed by atoms with Gasteiger partial charge < -0.3 is 24.6 Å². The number of nitrogens with one attached hydrogen (secondary N) is 1. The van der Waals surface area contributed by atoms with E-state index in [0.717, 1.165) is 19.3 Å². The van der Waals surface area contributed by atoms with Crippen LogP contribution in [0.5, 0.6) is 0 Å². The number of amides is 2. The maximum atomic E-state index is 11.5. The molecule has 0 rings (SSSR count). The van der Waals surface area contributed by atoms with Gasteiger partial charge in [-0.15, -0.1) is 0 Å². The third-order valence-corrected chi connectivity index (χ3v) is 2.51. The maximum Gasteiger partial charge on any atom is 1.00 e. The van der Waals surface area contributed by atoms with Crippen molar-refractivity contribution in [1.29, 1.82) is 0 Å². The summed E-state index contributed by atoms with van der Waals surface area (Å²) in [6, 6.07) is -0.448. The molecule has 0 aromatic heterocycles. The second-order valence-corrected chi connectivity index (χ2v) is 4.20.